The lowest BCUT2D eigenvalue weighted by molar-refractivity contribution is 0.716. The van der Waals surface area contributed by atoms with Crippen molar-refractivity contribution in [3.63, 3.8) is 0 Å². The molecule has 124 valence electrons. The van der Waals surface area contributed by atoms with Crippen LogP contribution in [0.5, 0.6) is 0 Å². The first-order valence-corrected chi connectivity index (χ1v) is 8.94. The number of para-hydroxylation sites is 1. The van der Waals surface area contributed by atoms with Crippen molar-refractivity contribution in [3.8, 4) is 5.69 Å². The minimum absolute atomic E-state index is 0.295. The van der Waals surface area contributed by atoms with Crippen LogP contribution >= 0.6 is 22.9 Å². The minimum Gasteiger partial charge on any atom is -0.288 e. The van der Waals surface area contributed by atoms with Gasteiger partial charge in [-0.25, -0.2) is 9.36 Å². The van der Waals surface area contributed by atoms with E-state index in [4.69, 9.17) is 11.6 Å². The van der Waals surface area contributed by atoms with Crippen molar-refractivity contribution >= 4 is 33.2 Å². The highest BCUT2D eigenvalue weighted by Crippen LogP contribution is 2.20. The number of fused-ring (bicyclic) bond motifs is 1. The second-order valence-corrected chi connectivity index (χ2v) is 6.89. The summed E-state index contributed by atoms with van der Waals surface area (Å²) in [6.07, 6.45) is 0. The van der Waals surface area contributed by atoms with E-state index in [2.05, 4.69) is 0 Å². The number of halogens is 1. The molecule has 0 bridgehead atoms. The lowest BCUT2D eigenvalue weighted by Crippen LogP contribution is -2.38. The number of rotatable bonds is 3. The van der Waals surface area contributed by atoms with Gasteiger partial charge in [0, 0.05) is 5.02 Å². The quantitative estimate of drug-likeness (QED) is 0.550. The Morgan fingerprint density at radius 1 is 0.920 bits per heavy atom. The molecule has 0 saturated heterocycles. The molecule has 0 amide bonds. The molecule has 2 aromatic heterocycles. The van der Waals surface area contributed by atoms with Crippen LogP contribution in [-0.4, -0.2) is 9.13 Å². The molecular formula is C19H13ClN2O2S. The third-order valence-electron chi connectivity index (χ3n) is 4.06. The molecule has 0 atom stereocenters. The van der Waals surface area contributed by atoms with E-state index >= 15 is 0 Å². The Bertz CT molecular complexity index is 1180. The molecule has 0 unspecified atom stereocenters. The fourth-order valence-corrected chi connectivity index (χ4v) is 3.86. The standard InChI is InChI=1S/C19H13ClN2O2S/c20-15-9-5-4-6-13(15)12-21-16-10-11-25-17(16)18(23)22(19(21)24)14-7-2-1-3-8-14/h1-11H,12H2. The molecule has 0 spiro atoms. The summed E-state index contributed by atoms with van der Waals surface area (Å²) >= 11 is 7.59. The second kappa shape index (κ2) is 6.35. The third kappa shape index (κ3) is 2.71. The van der Waals surface area contributed by atoms with Gasteiger partial charge >= 0.3 is 5.69 Å². The highest BCUT2D eigenvalue weighted by Gasteiger charge is 2.16. The van der Waals surface area contributed by atoms with Gasteiger partial charge < -0.3 is 0 Å². The van der Waals surface area contributed by atoms with Gasteiger partial charge in [-0.15, -0.1) is 11.3 Å². The molecule has 2 heterocycles. The first-order valence-electron chi connectivity index (χ1n) is 7.68. The summed E-state index contributed by atoms with van der Waals surface area (Å²) in [5.41, 5.74) is 1.35. The summed E-state index contributed by atoms with van der Waals surface area (Å²) in [7, 11) is 0. The molecular weight excluding hydrogens is 356 g/mol. The summed E-state index contributed by atoms with van der Waals surface area (Å²) in [5.74, 6) is 0. The predicted octanol–water partition coefficient (Wildman–Crippen LogP) is 3.92. The number of hydrogen-bond acceptors (Lipinski definition) is 3. The molecule has 0 radical (unpaired) electrons. The second-order valence-electron chi connectivity index (χ2n) is 5.57. The zero-order valence-electron chi connectivity index (χ0n) is 13.1. The van der Waals surface area contributed by atoms with E-state index < -0.39 is 0 Å². The Hall–Kier alpha value is -2.63. The van der Waals surface area contributed by atoms with Crippen LogP contribution in [0.25, 0.3) is 15.9 Å². The van der Waals surface area contributed by atoms with Crippen molar-refractivity contribution in [2.24, 2.45) is 0 Å². The average Bonchev–Trinajstić information content (AvgIpc) is 3.11. The van der Waals surface area contributed by atoms with Gasteiger partial charge in [0.1, 0.15) is 4.70 Å². The number of thiophene rings is 1. The van der Waals surface area contributed by atoms with Gasteiger partial charge in [-0.1, -0.05) is 48.0 Å². The predicted molar refractivity (Wildman–Crippen MR) is 102 cm³/mol. The van der Waals surface area contributed by atoms with Gasteiger partial charge in [0.05, 0.1) is 17.7 Å². The van der Waals surface area contributed by atoms with Crippen molar-refractivity contribution in [2.45, 2.75) is 6.54 Å². The van der Waals surface area contributed by atoms with Crippen molar-refractivity contribution < 1.29 is 0 Å². The zero-order valence-corrected chi connectivity index (χ0v) is 14.6. The van der Waals surface area contributed by atoms with Crippen molar-refractivity contribution in [2.75, 3.05) is 0 Å². The van der Waals surface area contributed by atoms with Crippen LogP contribution in [0, 0.1) is 0 Å². The lowest BCUT2D eigenvalue weighted by atomic mass is 10.2. The Morgan fingerprint density at radius 2 is 1.64 bits per heavy atom. The molecule has 4 rings (SSSR count). The topological polar surface area (TPSA) is 44.0 Å². The van der Waals surface area contributed by atoms with Crippen LogP contribution in [-0.2, 0) is 6.54 Å². The molecule has 0 aliphatic rings. The smallest absolute Gasteiger partial charge is 0.288 e. The largest absolute Gasteiger partial charge is 0.336 e. The molecule has 0 aliphatic heterocycles. The maximum Gasteiger partial charge on any atom is 0.336 e. The highest BCUT2D eigenvalue weighted by molar-refractivity contribution is 7.17. The summed E-state index contributed by atoms with van der Waals surface area (Å²) in [6.45, 7) is 0.304. The molecule has 4 aromatic rings. The van der Waals surface area contributed by atoms with Crippen LogP contribution < -0.4 is 11.2 Å². The Morgan fingerprint density at radius 3 is 2.40 bits per heavy atom. The van der Waals surface area contributed by atoms with E-state index in [-0.39, 0.29) is 11.2 Å². The van der Waals surface area contributed by atoms with Crippen molar-refractivity contribution in [1.82, 2.24) is 9.13 Å². The Labute approximate surface area is 152 Å². The van der Waals surface area contributed by atoms with E-state index in [1.807, 2.05) is 29.6 Å². The number of nitrogens with zero attached hydrogens (tertiary/aromatic N) is 2. The molecule has 2 aromatic carbocycles. The lowest BCUT2D eigenvalue weighted by Gasteiger charge is -2.13. The minimum atomic E-state index is -0.373. The SMILES string of the molecule is O=c1c2sccc2n(Cc2ccccc2Cl)c(=O)n1-c1ccccc1. The van der Waals surface area contributed by atoms with Gasteiger partial charge in [0.2, 0.25) is 0 Å². The molecule has 0 N–H and O–H groups in total. The van der Waals surface area contributed by atoms with Crippen LogP contribution in [0.1, 0.15) is 5.56 Å². The van der Waals surface area contributed by atoms with E-state index in [1.165, 1.54) is 15.9 Å². The third-order valence-corrected chi connectivity index (χ3v) is 5.32. The number of aromatic nitrogens is 2. The first kappa shape index (κ1) is 15.9. The van der Waals surface area contributed by atoms with Crippen molar-refractivity contribution in [1.29, 1.82) is 0 Å². The Kier molecular flexibility index (Phi) is 4.03. The molecule has 25 heavy (non-hydrogen) atoms. The fraction of sp³-hybridized carbons (Fsp3) is 0.0526. The first-order chi connectivity index (χ1) is 12.2. The van der Waals surface area contributed by atoms with E-state index in [9.17, 15) is 9.59 Å². The van der Waals surface area contributed by atoms with Crippen LogP contribution in [0.2, 0.25) is 5.02 Å². The summed E-state index contributed by atoms with van der Waals surface area (Å²) in [6, 6.07) is 18.2. The number of benzene rings is 2. The summed E-state index contributed by atoms with van der Waals surface area (Å²) in [5, 5.41) is 2.42. The highest BCUT2D eigenvalue weighted by atomic mass is 35.5. The van der Waals surface area contributed by atoms with Gasteiger partial charge in [-0.05, 0) is 35.2 Å². The van der Waals surface area contributed by atoms with Gasteiger partial charge in [0.25, 0.3) is 5.56 Å². The molecule has 0 saturated carbocycles. The fourth-order valence-electron chi connectivity index (χ4n) is 2.84. The summed E-state index contributed by atoms with van der Waals surface area (Å²) < 4.78 is 3.37. The maximum absolute atomic E-state index is 13.1. The molecule has 6 heteroatoms. The van der Waals surface area contributed by atoms with Crippen molar-refractivity contribution in [3.05, 3.63) is 97.5 Å². The van der Waals surface area contributed by atoms with E-state index in [0.717, 1.165) is 5.56 Å². The monoisotopic (exact) mass is 368 g/mol. The Balaban J connectivity index is 2.02. The zero-order chi connectivity index (χ0) is 17.4. The molecule has 0 fully saturated rings. The van der Waals surface area contributed by atoms with Gasteiger partial charge in [0.15, 0.2) is 0 Å². The molecule has 0 aliphatic carbocycles. The number of hydrogen-bond donors (Lipinski definition) is 0. The van der Waals surface area contributed by atoms with Gasteiger partial charge in [-0.2, -0.15) is 0 Å². The van der Waals surface area contributed by atoms with E-state index in [1.54, 1.807) is 41.0 Å². The maximum atomic E-state index is 13.1. The van der Waals surface area contributed by atoms with Crippen LogP contribution in [0.4, 0.5) is 0 Å². The van der Waals surface area contributed by atoms with E-state index in [0.29, 0.717) is 27.5 Å². The van der Waals surface area contributed by atoms with Crippen LogP contribution in [0.15, 0.2) is 75.6 Å². The van der Waals surface area contributed by atoms with Gasteiger partial charge in [-0.3, -0.25) is 9.36 Å². The molecule has 4 nitrogen and oxygen atoms in total. The van der Waals surface area contributed by atoms with Crippen LogP contribution in [0.3, 0.4) is 0 Å². The summed E-state index contributed by atoms with van der Waals surface area (Å²) in [4.78, 5) is 25.9. The normalized spacial score (nSPS) is 11.1. The average molecular weight is 369 g/mol.